The van der Waals surface area contributed by atoms with Crippen LogP contribution < -0.4 is 4.74 Å². The van der Waals surface area contributed by atoms with Gasteiger partial charge in [-0.3, -0.25) is 4.79 Å². The van der Waals surface area contributed by atoms with Crippen LogP contribution in [0.15, 0.2) is 49.1 Å². The molecule has 0 radical (unpaired) electrons. The van der Waals surface area contributed by atoms with Crippen LogP contribution in [0.25, 0.3) is 10.8 Å². The van der Waals surface area contributed by atoms with Gasteiger partial charge >= 0.3 is 0 Å². The van der Waals surface area contributed by atoms with Gasteiger partial charge in [-0.2, -0.15) is 9.78 Å². The molecule has 0 amide bonds. The van der Waals surface area contributed by atoms with E-state index in [-0.39, 0.29) is 11.8 Å². The van der Waals surface area contributed by atoms with Crippen molar-refractivity contribution in [3.8, 4) is 5.75 Å². The molecule has 5 heteroatoms. The number of hydrogen-bond acceptors (Lipinski definition) is 4. The fourth-order valence-corrected chi connectivity index (χ4v) is 2.44. The Kier molecular flexibility index (Phi) is 3.39. The summed E-state index contributed by atoms with van der Waals surface area (Å²) in [6.45, 7) is 1.88. The number of carbonyl (C=O) groups is 1. The van der Waals surface area contributed by atoms with E-state index in [9.17, 15) is 4.79 Å². The molecule has 3 rings (SSSR count). The van der Waals surface area contributed by atoms with Gasteiger partial charge in [-0.25, -0.2) is 4.98 Å². The van der Waals surface area contributed by atoms with E-state index in [2.05, 4.69) is 10.1 Å². The lowest BCUT2D eigenvalue weighted by molar-refractivity contribution is 0.0868. The molecule has 1 atom stereocenters. The summed E-state index contributed by atoms with van der Waals surface area (Å²) in [5.41, 5.74) is 0.968. The monoisotopic (exact) mass is 281 g/mol. The first-order chi connectivity index (χ1) is 10.2. The van der Waals surface area contributed by atoms with Crippen LogP contribution in [0.4, 0.5) is 0 Å². The molecule has 0 N–H and O–H groups in total. The van der Waals surface area contributed by atoms with Gasteiger partial charge in [0, 0.05) is 0 Å². The Morgan fingerprint density at radius 3 is 2.86 bits per heavy atom. The number of aromatic nitrogens is 3. The molecule has 0 aliphatic heterocycles. The highest BCUT2D eigenvalue weighted by Gasteiger charge is 2.19. The third-order valence-corrected chi connectivity index (χ3v) is 3.60. The normalized spacial score (nSPS) is 12.3. The number of benzene rings is 2. The van der Waals surface area contributed by atoms with Gasteiger partial charge in [-0.1, -0.05) is 24.3 Å². The minimum atomic E-state index is -0.302. The summed E-state index contributed by atoms with van der Waals surface area (Å²) in [6, 6.07) is 11.8. The standard InChI is InChI=1S/C16H15N3O2/c1-11(16(20)19-10-17-9-18-19)14-5-3-4-12-8-13(21-2)6-7-15(12)14/h3-11H,1-2H3. The molecule has 0 saturated heterocycles. The van der Waals surface area contributed by atoms with Crippen molar-refractivity contribution in [2.75, 3.05) is 7.11 Å². The number of fused-ring (bicyclic) bond motifs is 1. The van der Waals surface area contributed by atoms with Gasteiger partial charge < -0.3 is 4.74 Å². The van der Waals surface area contributed by atoms with Gasteiger partial charge in [0.15, 0.2) is 0 Å². The molecule has 1 heterocycles. The predicted octanol–water partition coefficient (Wildman–Crippen LogP) is 2.88. The Bertz CT molecular complexity index is 781. The van der Waals surface area contributed by atoms with E-state index in [1.807, 2.05) is 43.3 Å². The van der Waals surface area contributed by atoms with Gasteiger partial charge in [0.1, 0.15) is 18.4 Å². The summed E-state index contributed by atoms with van der Waals surface area (Å²) < 4.78 is 6.51. The highest BCUT2D eigenvalue weighted by Crippen LogP contribution is 2.29. The summed E-state index contributed by atoms with van der Waals surface area (Å²) in [4.78, 5) is 16.2. The van der Waals surface area contributed by atoms with Crippen LogP contribution in [0, 0.1) is 0 Å². The SMILES string of the molecule is COc1ccc2c(C(C)C(=O)n3cncn3)cccc2c1. The quantitative estimate of drug-likeness (QED) is 0.740. The first kappa shape index (κ1) is 13.3. The fraction of sp³-hybridized carbons (Fsp3) is 0.188. The molecule has 0 aliphatic rings. The van der Waals surface area contributed by atoms with Gasteiger partial charge in [0.05, 0.1) is 13.0 Å². The number of hydrogen-bond donors (Lipinski definition) is 0. The van der Waals surface area contributed by atoms with E-state index in [0.29, 0.717) is 0 Å². The van der Waals surface area contributed by atoms with Crippen molar-refractivity contribution in [2.24, 2.45) is 0 Å². The Labute approximate surface area is 122 Å². The van der Waals surface area contributed by atoms with Crippen molar-refractivity contribution in [2.45, 2.75) is 12.8 Å². The van der Waals surface area contributed by atoms with Crippen LogP contribution in [-0.4, -0.2) is 27.8 Å². The van der Waals surface area contributed by atoms with E-state index in [4.69, 9.17) is 4.74 Å². The Morgan fingerprint density at radius 2 is 2.14 bits per heavy atom. The molecule has 0 spiro atoms. The van der Waals surface area contributed by atoms with Crippen LogP contribution in [0.5, 0.6) is 5.75 Å². The van der Waals surface area contributed by atoms with Crippen molar-refractivity contribution < 1.29 is 9.53 Å². The molecule has 0 fully saturated rings. The van der Waals surface area contributed by atoms with Crippen molar-refractivity contribution in [1.82, 2.24) is 14.8 Å². The van der Waals surface area contributed by atoms with Crippen molar-refractivity contribution >= 4 is 16.7 Å². The van der Waals surface area contributed by atoms with E-state index >= 15 is 0 Å². The molecule has 5 nitrogen and oxygen atoms in total. The number of methoxy groups -OCH3 is 1. The summed E-state index contributed by atoms with van der Waals surface area (Å²) in [6.07, 6.45) is 2.78. The van der Waals surface area contributed by atoms with E-state index in [1.54, 1.807) is 7.11 Å². The molecule has 0 aliphatic carbocycles. The van der Waals surface area contributed by atoms with Crippen LogP contribution in [0.3, 0.4) is 0 Å². The Morgan fingerprint density at radius 1 is 1.29 bits per heavy atom. The second-order valence-corrected chi connectivity index (χ2v) is 4.83. The molecule has 3 aromatic rings. The smallest absolute Gasteiger partial charge is 0.255 e. The maximum atomic E-state index is 12.4. The number of ether oxygens (including phenoxy) is 1. The van der Waals surface area contributed by atoms with Crippen LogP contribution in [0.1, 0.15) is 23.2 Å². The minimum absolute atomic E-state index is 0.101. The second-order valence-electron chi connectivity index (χ2n) is 4.83. The summed E-state index contributed by atoms with van der Waals surface area (Å²) in [7, 11) is 1.64. The molecule has 2 aromatic carbocycles. The number of rotatable bonds is 3. The molecule has 21 heavy (non-hydrogen) atoms. The lowest BCUT2D eigenvalue weighted by atomic mass is 9.94. The third-order valence-electron chi connectivity index (χ3n) is 3.60. The molecule has 0 bridgehead atoms. The summed E-state index contributed by atoms with van der Waals surface area (Å²) in [5.74, 6) is 0.398. The zero-order chi connectivity index (χ0) is 14.8. The highest BCUT2D eigenvalue weighted by molar-refractivity contribution is 5.93. The molecule has 0 saturated carbocycles. The zero-order valence-electron chi connectivity index (χ0n) is 11.9. The second kappa shape index (κ2) is 5.36. The van der Waals surface area contributed by atoms with Crippen molar-refractivity contribution in [1.29, 1.82) is 0 Å². The Balaban J connectivity index is 2.05. The van der Waals surface area contributed by atoms with Gasteiger partial charge in [-0.15, -0.1) is 0 Å². The predicted molar refractivity (Wildman–Crippen MR) is 79.6 cm³/mol. The van der Waals surface area contributed by atoms with Crippen LogP contribution in [-0.2, 0) is 0 Å². The average molecular weight is 281 g/mol. The number of nitrogens with zero attached hydrogens (tertiary/aromatic N) is 3. The van der Waals surface area contributed by atoms with Crippen molar-refractivity contribution in [3.63, 3.8) is 0 Å². The van der Waals surface area contributed by atoms with Gasteiger partial charge in [0.25, 0.3) is 5.91 Å². The number of carbonyl (C=O) groups excluding carboxylic acids is 1. The lowest BCUT2D eigenvalue weighted by Crippen LogP contribution is -2.18. The minimum Gasteiger partial charge on any atom is -0.497 e. The fourth-order valence-electron chi connectivity index (χ4n) is 2.44. The Hall–Kier alpha value is -2.69. The maximum absolute atomic E-state index is 12.4. The summed E-state index contributed by atoms with van der Waals surface area (Å²) in [5, 5.41) is 5.99. The first-order valence-electron chi connectivity index (χ1n) is 6.66. The largest absolute Gasteiger partial charge is 0.497 e. The van der Waals surface area contributed by atoms with E-state index in [1.165, 1.54) is 17.3 Å². The molecule has 1 aromatic heterocycles. The van der Waals surface area contributed by atoms with Gasteiger partial charge in [0.2, 0.25) is 0 Å². The zero-order valence-corrected chi connectivity index (χ0v) is 11.9. The van der Waals surface area contributed by atoms with E-state index < -0.39 is 0 Å². The van der Waals surface area contributed by atoms with Gasteiger partial charge in [-0.05, 0) is 35.4 Å². The lowest BCUT2D eigenvalue weighted by Gasteiger charge is -2.14. The highest BCUT2D eigenvalue weighted by atomic mass is 16.5. The van der Waals surface area contributed by atoms with Crippen LogP contribution in [0.2, 0.25) is 0 Å². The van der Waals surface area contributed by atoms with Crippen LogP contribution >= 0.6 is 0 Å². The van der Waals surface area contributed by atoms with E-state index in [0.717, 1.165) is 22.1 Å². The average Bonchev–Trinajstić information content (AvgIpc) is 3.06. The summed E-state index contributed by atoms with van der Waals surface area (Å²) >= 11 is 0. The molecule has 1 unspecified atom stereocenters. The molecular formula is C16H15N3O2. The molecular weight excluding hydrogens is 266 g/mol. The van der Waals surface area contributed by atoms with Crippen molar-refractivity contribution in [3.05, 3.63) is 54.6 Å². The third kappa shape index (κ3) is 2.38. The molecule has 106 valence electrons. The first-order valence-corrected chi connectivity index (χ1v) is 6.66. The maximum Gasteiger partial charge on any atom is 0.255 e. The topological polar surface area (TPSA) is 57.0 Å².